The molecule has 7 nitrogen and oxygen atoms in total. The van der Waals surface area contributed by atoms with Gasteiger partial charge < -0.3 is 15.3 Å². The maximum absolute atomic E-state index is 11.8. The summed E-state index contributed by atoms with van der Waals surface area (Å²) in [6.07, 6.45) is 2.39. The zero-order chi connectivity index (χ0) is 11.5. The first-order valence-electron chi connectivity index (χ1n) is 5.15. The molecule has 2 N–H and O–H groups in total. The fourth-order valence-electron chi connectivity index (χ4n) is 1.80. The van der Waals surface area contributed by atoms with Gasteiger partial charge in [-0.1, -0.05) is 0 Å². The number of aliphatic hydroxyl groups is 1. The lowest BCUT2D eigenvalue weighted by Gasteiger charge is -2.26. The Bertz CT molecular complexity index is 353. The van der Waals surface area contributed by atoms with Crippen molar-refractivity contribution in [3.63, 3.8) is 0 Å². The van der Waals surface area contributed by atoms with Crippen LogP contribution in [0.2, 0.25) is 0 Å². The monoisotopic (exact) mass is 225 g/mol. The van der Waals surface area contributed by atoms with E-state index in [0.29, 0.717) is 13.1 Å². The van der Waals surface area contributed by atoms with Gasteiger partial charge in [0.2, 0.25) is 5.91 Å². The van der Waals surface area contributed by atoms with Gasteiger partial charge in [-0.2, -0.15) is 5.10 Å². The summed E-state index contributed by atoms with van der Waals surface area (Å²) in [7, 11) is 1.69. The molecule has 0 aliphatic carbocycles. The van der Waals surface area contributed by atoms with Crippen molar-refractivity contribution >= 4 is 5.91 Å². The number of hydrogen-bond donors (Lipinski definition) is 2. The van der Waals surface area contributed by atoms with E-state index in [1.807, 2.05) is 0 Å². The maximum Gasteiger partial charge on any atom is 0.244 e. The number of aliphatic hydroxyl groups excluding tert-OH is 1. The molecule has 16 heavy (non-hydrogen) atoms. The van der Waals surface area contributed by atoms with Crippen LogP contribution in [0.3, 0.4) is 0 Å². The standard InChI is InChI=1S/C9H15N5O2/c1-13(7-2-10-3-8(7)15)9(16)4-14-6-11-5-12-14/h5-8,10,15H,2-4H2,1H3. The molecule has 1 aliphatic rings. The Kier molecular flexibility index (Phi) is 3.16. The Morgan fingerprint density at radius 2 is 2.50 bits per heavy atom. The Morgan fingerprint density at radius 1 is 1.69 bits per heavy atom. The minimum absolute atomic E-state index is 0.0850. The Balaban J connectivity index is 1.94. The first-order valence-corrected chi connectivity index (χ1v) is 5.15. The van der Waals surface area contributed by atoms with E-state index in [-0.39, 0.29) is 18.5 Å². The van der Waals surface area contributed by atoms with Crippen LogP contribution in [0.15, 0.2) is 12.7 Å². The molecular weight excluding hydrogens is 210 g/mol. The lowest BCUT2D eigenvalue weighted by atomic mass is 10.2. The number of carbonyl (C=O) groups excluding carboxylic acids is 1. The molecule has 0 bridgehead atoms. The van der Waals surface area contributed by atoms with Crippen LogP contribution in [-0.2, 0) is 11.3 Å². The molecule has 1 amide bonds. The molecule has 2 heterocycles. The van der Waals surface area contributed by atoms with Gasteiger partial charge in [0.05, 0.1) is 12.1 Å². The van der Waals surface area contributed by atoms with E-state index >= 15 is 0 Å². The van der Waals surface area contributed by atoms with Crippen LogP contribution in [0, 0.1) is 0 Å². The predicted octanol–water partition coefficient (Wildman–Crippen LogP) is -1.93. The van der Waals surface area contributed by atoms with Crippen molar-refractivity contribution in [3.05, 3.63) is 12.7 Å². The van der Waals surface area contributed by atoms with Crippen molar-refractivity contribution < 1.29 is 9.90 Å². The van der Waals surface area contributed by atoms with Crippen molar-refractivity contribution in [2.45, 2.75) is 18.7 Å². The number of amides is 1. The third kappa shape index (κ3) is 2.20. The van der Waals surface area contributed by atoms with Crippen LogP contribution < -0.4 is 5.32 Å². The number of β-amino-alcohol motifs (C(OH)–C–C–N with tert-alkyl or cyclic N) is 1. The average Bonchev–Trinajstić information content (AvgIpc) is 2.88. The molecule has 0 aromatic carbocycles. The van der Waals surface area contributed by atoms with E-state index in [1.165, 1.54) is 17.3 Å². The molecule has 0 spiro atoms. The molecule has 1 saturated heterocycles. The van der Waals surface area contributed by atoms with Crippen LogP contribution in [0.5, 0.6) is 0 Å². The molecule has 7 heteroatoms. The largest absolute Gasteiger partial charge is 0.390 e. The van der Waals surface area contributed by atoms with E-state index in [9.17, 15) is 9.90 Å². The number of nitrogens with zero attached hydrogens (tertiary/aromatic N) is 4. The summed E-state index contributed by atoms with van der Waals surface area (Å²) in [4.78, 5) is 17.2. The minimum Gasteiger partial charge on any atom is -0.390 e. The summed E-state index contributed by atoms with van der Waals surface area (Å²) in [5.74, 6) is -0.0850. The highest BCUT2D eigenvalue weighted by atomic mass is 16.3. The fraction of sp³-hybridized carbons (Fsp3) is 0.667. The third-order valence-corrected chi connectivity index (χ3v) is 2.81. The zero-order valence-electron chi connectivity index (χ0n) is 9.08. The third-order valence-electron chi connectivity index (χ3n) is 2.81. The van der Waals surface area contributed by atoms with Crippen LogP contribution >= 0.6 is 0 Å². The number of rotatable bonds is 3. The van der Waals surface area contributed by atoms with Gasteiger partial charge in [0.1, 0.15) is 19.2 Å². The Morgan fingerprint density at radius 3 is 3.06 bits per heavy atom. The van der Waals surface area contributed by atoms with Crippen LogP contribution in [0.1, 0.15) is 0 Å². The second kappa shape index (κ2) is 4.58. The van der Waals surface area contributed by atoms with Gasteiger partial charge in [0.15, 0.2) is 0 Å². The van der Waals surface area contributed by atoms with Gasteiger partial charge in [-0.3, -0.25) is 4.79 Å². The topological polar surface area (TPSA) is 83.3 Å². The van der Waals surface area contributed by atoms with Gasteiger partial charge in [0.25, 0.3) is 0 Å². The van der Waals surface area contributed by atoms with E-state index < -0.39 is 6.10 Å². The summed E-state index contributed by atoms with van der Waals surface area (Å²) in [5.41, 5.74) is 0. The van der Waals surface area contributed by atoms with Crippen molar-refractivity contribution in [1.82, 2.24) is 25.0 Å². The Hall–Kier alpha value is -1.47. The highest BCUT2D eigenvalue weighted by Gasteiger charge is 2.31. The molecular formula is C9H15N5O2. The van der Waals surface area contributed by atoms with Gasteiger partial charge in [0, 0.05) is 20.1 Å². The number of carbonyl (C=O) groups is 1. The molecule has 1 fully saturated rings. The molecule has 2 unspecified atom stereocenters. The molecule has 0 saturated carbocycles. The van der Waals surface area contributed by atoms with Crippen LogP contribution in [0.25, 0.3) is 0 Å². The lowest BCUT2D eigenvalue weighted by molar-refractivity contribution is -0.134. The number of nitrogens with one attached hydrogen (secondary N) is 1. The first kappa shape index (κ1) is 11.0. The Labute approximate surface area is 93.1 Å². The van der Waals surface area contributed by atoms with E-state index in [0.717, 1.165) is 0 Å². The van der Waals surface area contributed by atoms with E-state index in [4.69, 9.17) is 0 Å². The highest BCUT2D eigenvalue weighted by Crippen LogP contribution is 2.07. The van der Waals surface area contributed by atoms with Gasteiger partial charge in [-0.25, -0.2) is 9.67 Å². The number of likely N-dealkylation sites (N-methyl/N-ethyl adjacent to an activating group) is 1. The zero-order valence-corrected chi connectivity index (χ0v) is 9.08. The van der Waals surface area contributed by atoms with Crippen molar-refractivity contribution in [2.75, 3.05) is 20.1 Å². The van der Waals surface area contributed by atoms with Crippen molar-refractivity contribution in [3.8, 4) is 0 Å². The van der Waals surface area contributed by atoms with E-state index in [2.05, 4.69) is 15.4 Å². The summed E-state index contributed by atoms with van der Waals surface area (Å²) in [6.45, 7) is 1.31. The molecule has 88 valence electrons. The van der Waals surface area contributed by atoms with Gasteiger partial charge >= 0.3 is 0 Å². The summed E-state index contributed by atoms with van der Waals surface area (Å²) < 4.78 is 1.47. The number of hydrogen-bond acceptors (Lipinski definition) is 5. The lowest BCUT2D eigenvalue weighted by Crippen LogP contribution is -2.45. The van der Waals surface area contributed by atoms with Crippen LogP contribution in [0.4, 0.5) is 0 Å². The summed E-state index contributed by atoms with van der Waals surface area (Å²) in [5, 5.41) is 16.5. The number of aromatic nitrogens is 3. The second-order valence-electron chi connectivity index (χ2n) is 3.89. The minimum atomic E-state index is -0.496. The average molecular weight is 225 g/mol. The molecule has 2 rings (SSSR count). The maximum atomic E-state index is 11.8. The smallest absolute Gasteiger partial charge is 0.244 e. The molecule has 1 aromatic rings. The molecule has 1 aromatic heterocycles. The van der Waals surface area contributed by atoms with E-state index in [1.54, 1.807) is 11.9 Å². The van der Waals surface area contributed by atoms with Gasteiger partial charge in [-0.15, -0.1) is 0 Å². The second-order valence-corrected chi connectivity index (χ2v) is 3.89. The summed E-state index contributed by atoms with van der Waals surface area (Å²) in [6, 6.07) is -0.156. The van der Waals surface area contributed by atoms with Crippen molar-refractivity contribution in [1.29, 1.82) is 0 Å². The first-order chi connectivity index (χ1) is 7.68. The highest BCUT2D eigenvalue weighted by molar-refractivity contribution is 5.76. The molecule has 0 radical (unpaired) electrons. The SMILES string of the molecule is CN(C(=O)Cn1cncn1)C1CNCC1O. The van der Waals surface area contributed by atoms with Crippen molar-refractivity contribution in [2.24, 2.45) is 0 Å². The predicted molar refractivity (Wildman–Crippen MR) is 55.5 cm³/mol. The van der Waals surface area contributed by atoms with Gasteiger partial charge in [-0.05, 0) is 0 Å². The normalized spacial score (nSPS) is 24.6. The van der Waals surface area contributed by atoms with Crippen LogP contribution in [-0.4, -0.2) is 63.0 Å². The molecule has 1 aliphatic heterocycles. The summed E-state index contributed by atoms with van der Waals surface area (Å²) >= 11 is 0. The fourth-order valence-corrected chi connectivity index (χ4v) is 1.80. The molecule has 2 atom stereocenters. The quantitative estimate of drug-likeness (QED) is 0.626.